The summed E-state index contributed by atoms with van der Waals surface area (Å²) in [6.07, 6.45) is 0.876. The van der Waals surface area contributed by atoms with Crippen molar-refractivity contribution in [1.82, 2.24) is 4.90 Å². The van der Waals surface area contributed by atoms with Gasteiger partial charge in [-0.2, -0.15) is 0 Å². The molecule has 21 heavy (non-hydrogen) atoms. The van der Waals surface area contributed by atoms with Crippen molar-refractivity contribution in [2.24, 2.45) is 0 Å². The molecular formula is C17H17BrFNO. The molecule has 0 aromatic heterocycles. The molecule has 0 unspecified atom stereocenters. The van der Waals surface area contributed by atoms with Gasteiger partial charge in [-0.25, -0.2) is 4.39 Å². The zero-order valence-corrected chi connectivity index (χ0v) is 13.4. The van der Waals surface area contributed by atoms with Crippen LogP contribution in [0.1, 0.15) is 29.3 Å². The average molecular weight is 350 g/mol. The summed E-state index contributed by atoms with van der Waals surface area (Å²) in [5, 5.41) is 0. The Balaban J connectivity index is 2.20. The van der Waals surface area contributed by atoms with Gasteiger partial charge in [-0.1, -0.05) is 37.3 Å². The van der Waals surface area contributed by atoms with E-state index in [-0.39, 0.29) is 11.7 Å². The van der Waals surface area contributed by atoms with Crippen LogP contribution in [-0.4, -0.2) is 17.4 Å². The lowest BCUT2D eigenvalue weighted by molar-refractivity contribution is 0.0743. The predicted octanol–water partition coefficient (Wildman–Crippen LogP) is 4.64. The van der Waals surface area contributed by atoms with E-state index in [1.54, 1.807) is 4.90 Å². The lowest BCUT2D eigenvalue weighted by atomic mass is 10.1. The molecule has 4 heteroatoms. The molecule has 0 spiro atoms. The predicted molar refractivity (Wildman–Crippen MR) is 85.6 cm³/mol. The van der Waals surface area contributed by atoms with Crippen LogP contribution in [0.25, 0.3) is 0 Å². The van der Waals surface area contributed by atoms with Gasteiger partial charge in [0.25, 0.3) is 5.91 Å². The van der Waals surface area contributed by atoms with Crippen LogP contribution in [0, 0.1) is 5.82 Å². The Morgan fingerprint density at radius 2 is 1.90 bits per heavy atom. The number of carbonyl (C=O) groups is 1. The van der Waals surface area contributed by atoms with Crippen LogP contribution in [-0.2, 0) is 6.54 Å². The fourth-order valence-corrected chi connectivity index (χ4v) is 2.52. The normalized spacial score (nSPS) is 10.4. The number of benzene rings is 2. The van der Waals surface area contributed by atoms with E-state index in [1.165, 1.54) is 18.2 Å². The van der Waals surface area contributed by atoms with Gasteiger partial charge in [-0.15, -0.1) is 0 Å². The number of amides is 1. The lowest BCUT2D eigenvalue weighted by Gasteiger charge is -2.22. The number of rotatable bonds is 5. The van der Waals surface area contributed by atoms with E-state index >= 15 is 0 Å². The van der Waals surface area contributed by atoms with Crippen molar-refractivity contribution in [2.75, 3.05) is 6.54 Å². The van der Waals surface area contributed by atoms with Crippen molar-refractivity contribution in [3.8, 4) is 0 Å². The molecule has 0 aliphatic heterocycles. The minimum Gasteiger partial charge on any atom is -0.334 e. The van der Waals surface area contributed by atoms with E-state index in [0.717, 1.165) is 12.0 Å². The van der Waals surface area contributed by atoms with Crippen LogP contribution in [0.2, 0.25) is 0 Å². The van der Waals surface area contributed by atoms with Crippen LogP contribution in [0.15, 0.2) is 53.0 Å². The molecule has 2 nitrogen and oxygen atoms in total. The molecule has 0 bridgehead atoms. The molecule has 0 fully saturated rings. The van der Waals surface area contributed by atoms with Crippen molar-refractivity contribution < 1.29 is 9.18 Å². The van der Waals surface area contributed by atoms with E-state index in [2.05, 4.69) is 15.9 Å². The standard InChI is InChI=1S/C17H17BrFNO/c1-2-10-20(12-13-6-4-3-5-7-13)17(21)14-8-9-16(19)15(18)11-14/h3-9,11H,2,10,12H2,1H3. The fourth-order valence-electron chi connectivity index (χ4n) is 2.14. The summed E-state index contributed by atoms with van der Waals surface area (Å²) >= 11 is 3.12. The Morgan fingerprint density at radius 1 is 1.19 bits per heavy atom. The molecule has 2 rings (SSSR count). The van der Waals surface area contributed by atoms with Gasteiger partial charge in [0.05, 0.1) is 4.47 Å². The van der Waals surface area contributed by atoms with Gasteiger partial charge in [0.2, 0.25) is 0 Å². The molecule has 0 radical (unpaired) electrons. The van der Waals surface area contributed by atoms with E-state index in [0.29, 0.717) is 23.1 Å². The first-order chi connectivity index (χ1) is 10.1. The van der Waals surface area contributed by atoms with E-state index in [1.807, 2.05) is 37.3 Å². The molecule has 0 atom stereocenters. The summed E-state index contributed by atoms with van der Waals surface area (Å²) in [4.78, 5) is 14.4. The smallest absolute Gasteiger partial charge is 0.254 e. The number of halogens is 2. The number of nitrogens with zero attached hydrogens (tertiary/aromatic N) is 1. The summed E-state index contributed by atoms with van der Waals surface area (Å²) < 4.78 is 13.6. The maximum atomic E-state index is 13.3. The monoisotopic (exact) mass is 349 g/mol. The third-order valence-electron chi connectivity index (χ3n) is 3.16. The lowest BCUT2D eigenvalue weighted by Crippen LogP contribution is -2.31. The highest BCUT2D eigenvalue weighted by Crippen LogP contribution is 2.19. The molecule has 0 aliphatic rings. The fraction of sp³-hybridized carbons (Fsp3) is 0.235. The van der Waals surface area contributed by atoms with Gasteiger partial charge >= 0.3 is 0 Å². The molecule has 0 saturated carbocycles. The quantitative estimate of drug-likeness (QED) is 0.769. The third-order valence-corrected chi connectivity index (χ3v) is 3.77. The number of carbonyl (C=O) groups excluding carboxylic acids is 1. The first kappa shape index (κ1) is 15.7. The Kier molecular flexibility index (Phi) is 5.51. The minimum absolute atomic E-state index is 0.0820. The summed E-state index contributed by atoms with van der Waals surface area (Å²) in [5.74, 6) is -0.446. The first-order valence-corrected chi connectivity index (χ1v) is 7.69. The van der Waals surface area contributed by atoms with Gasteiger partial charge < -0.3 is 4.90 Å². The van der Waals surface area contributed by atoms with Crippen LogP contribution in [0.5, 0.6) is 0 Å². The van der Waals surface area contributed by atoms with Crippen LogP contribution in [0.4, 0.5) is 4.39 Å². The van der Waals surface area contributed by atoms with Crippen LogP contribution < -0.4 is 0 Å². The van der Waals surface area contributed by atoms with Crippen molar-refractivity contribution >= 4 is 21.8 Å². The van der Waals surface area contributed by atoms with Crippen molar-refractivity contribution in [3.63, 3.8) is 0 Å². The number of hydrogen-bond donors (Lipinski definition) is 0. The maximum absolute atomic E-state index is 13.3. The molecule has 0 N–H and O–H groups in total. The zero-order chi connectivity index (χ0) is 15.2. The minimum atomic E-state index is -0.364. The van der Waals surface area contributed by atoms with Crippen molar-refractivity contribution in [2.45, 2.75) is 19.9 Å². The first-order valence-electron chi connectivity index (χ1n) is 6.90. The molecule has 2 aromatic carbocycles. The van der Waals surface area contributed by atoms with Gasteiger partial charge in [0.1, 0.15) is 5.82 Å². The zero-order valence-electron chi connectivity index (χ0n) is 11.9. The van der Waals surface area contributed by atoms with E-state index in [9.17, 15) is 9.18 Å². The van der Waals surface area contributed by atoms with Crippen molar-refractivity contribution in [3.05, 3.63) is 69.9 Å². The third kappa shape index (κ3) is 4.14. The van der Waals surface area contributed by atoms with Gasteiger partial charge in [-0.05, 0) is 46.1 Å². The molecular weight excluding hydrogens is 333 g/mol. The maximum Gasteiger partial charge on any atom is 0.254 e. The highest BCUT2D eigenvalue weighted by molar-refractivity contribution is 9.10. The van der Waals surface area contributed by atoms with Gasteiger partial charge in [0, 0.05) is 18.7 Å². The average Bonchev–Trinajstić information content (AvgIpc) is 2.50. The second-order valence-corrected chi connectivity index (χ2v) is 5.70. The van der Waals surface area contributed by atoms with E-state index < -0.39 is 0 Å². The Bertz CT molecular complexity index is 615. The highest BCUT2D eigenvalue weighted by atomic mass is 79.9. The summed E-state index contributed by atoms with van der Waals surface area (Å²) in [6, 6.07) is 14.2. The largest absolute Gasteiger partial charge is 0.334 e. The molecule has 0 heterocycles. The molecule has 0 aliphatic carbocycles. The Hall–Kier alpha value is -1.68. The summed E-state index contributed by atoms with van der Waals surface area (Å²) in [7, 11) is 0. The SMILES string of the molecule is CCCN(Cc1ccccc1)C(=O)c1ccc(F)c(Br)c1. The van der Waals surface area contributed by atoms with Crippen LogP contribution >= 0.6 is 15.9 Å². The van der Waals surface area contributed by atoms with Crippen molar-refractivity contribution in [1.29, 1.82) is 0 Å². The van der Waals surface area contributed by atoms with Crippen LogP contribution in [0.3, 0.4) is 0 Å². The molecule has 0 saturated heterocycles. The summed E-state index contributed by atoms with van der Waals surface area (Å²) in [5.41, 5.74) is 1.58. The topological polar surface area (TPSA) is 20.3 Å². The van der Waals surface area contributed by atoms with Gasteiger partial charge in [-0.3, -0.25) is 4.79 Å². The Morgan fingerprint density at radius 3 is 2.52 bits per heavy atom. The molecule has 110 valence electrons. The molecule has 1 amide bonds. The Labute approximate surface area is 132 Å². The molecule has 2 aromatic rings. The second kappa shape index (κ2) is 7.36. The second-order valence-electron chi connectivity index (χ2n) is 4.84. The highest BCUT2D eigenvalue weighted by Gasteiger charge is 2.16. The number of hydrogen-bond acceptors (Lipinski definition) is 1. The van der Waals surface area contributed by atoms with E-state index in [4.69, 9.17) is 0 Å². The van der Waals surface area contributed by atoms with Gasteiger partial charge in [0.15, 0.2) is 0 Å². The summed E-state index contributed by atoms with van der Waals surface area (Å²) in [6.45, 7) is 3.26.